The molecule has 0 saturated carbocycles. The molecule has 1 amide bonds. The van der Waals surface area contributed by atoms with Gasteiger partial charge in [0.05, 0.1) is 11.3 Å². The molecule has 3 N–H and O–H groups in total. The molecule has 0 bridgehead atoms. The van der Waals surface area contributed by atoms with Crippen LogP contribution in [0.1, 0.15) is 24.2 Å². The smallest absolute Gasteiger partial charge is 0.315 e. The topological polar surface area (TPSA) is 109 Å². The zero-order valence-corrected chi connectivity index (χ0v) is 15.8. The average molecular weight is 376 g/mol. The van der Waals surface area contributed by atoms with Gasteiger partial charge in [-0.3, -0.25) is 9.78 Å². The molecule has 0 unspecified atom stereocenters. The number of amides is 1. The molecule has 3 aromatic heterocycles. The van der Waals surface area contributed by atoms with E-state index in [1.807, 2.05) is 44.3 Å². The summed E-state index contributed by atoms with van der Waals surface area (Å²) in [6.45, 7) is 4.01. The van der Waals surface area contributed by atoms with Crippen molar-refractivity contribution in [1.29, 1.82) is 0 Å². The van der Waals surface area contributed by atoms with E-state index in [0.29, 0.717) is 17.5 Å². The minimum absolute atomic E-state index is 0.164. The van der Waals surface area contributed by atoms with Crippen molar-refractivity contribution in [2.75, 3.05) is 12.4 Å². The first-order valence-corrected chi connectivity index (χ1v) is 8.95. The number of hydrogen-bond acceptors (Lipinski definition) is 6. The van der Waals surface area contributed by atoms with Gasteiger partial charge in [-0.25, -0.2) is 0 Å². The second-order valence-corrected chi connectivity index (χ2v) is 6.69. The Labute approximate surface area is 161 Å². The maximum atomic E-state index is 11.7. The highest BCUT2D eigenvalue weighted by Crippen LogP contribution is 2.31. The molecule has 1 aromatic carbocycles. The van der Waals surface area contributed by atoms with Crippen LogP contribution < -0.4 is 10.6 Å². The van der Waals surface area contributed by atoms with Crippen LogP contribution in [-0.2, 0) is 0 Å². The van der Waals surface area contributed by atoms with E-state index in [9.17, 15) is 4.79 Å². The summed E-state index contributed by atoms with van der Waals surface area (Å²) < 4.78 is 5.70. The minimum Gasteiger partial charge on any atom is -0.403 e. The van der Waals surface area contributed by atoms with E-state index in [0.717, 1.165) is 27.7 Å². The van der Waals surface area contributed by atoms with E-state index in [1.54, 1.807) is 19.3 Å². The first-order chi connectivity index (χ1) is 13.5. The fourth-order valence-electron chi connectivity index (χ4n) is 2.94. The molecule has 0 aliphatic heterocycles. The second-order valence-electron chi connectivity index (χ2n) is 6.69. The van der Waals surface area contributed by atoms with Crippen LogP contribution >= 0.6 is 0 Å². The number of hydrogen-bond donors (Lipinski definition) is 3. The molecule has 142 valence electrons. The Balaban J connectivity index is 1.70. The van der Waals surface area contributed by atoms with Gasteiger partial charge in [-0.05, 0) is 44.2 Å². The lowest BCUT2D eigenvalue weighted by Crippen LogP contribution is -2.17. The number of benzene rings is 1. The molecule has 4 rings (SSSR count). The molecule has 4 aromatic rings. The number of pyridine rings is 1. The summed E-state index contributed by atoms with van der Waals surface area (Å²) in [5.41, 5.74) is 4.00. The summed E-state index contributed by atoms with van der Waals surface area (Å²) in [5.74, 6) is 0.280. The molecule has 0 fully saturated rings. The van der Waals surface area contributed by atoms with Crippen molar-refractivity contribution in [3.8, 4) is 22.7 Å². The summed E-state index contributed by atoms with van der Waals surface area (Å²) in [6.07, 6.45) is 3.47. The number of carbonyl (C=O) groups excluding carboxylic acids is 1. The lowest BCUT2D eigenvalue weighted by molar-refractivity contribution is 0.0963. The second kappa shape index (κ2) is 7.15. The van der Waals surface area contributed by atoms with Crippen LogP contribution in [0.25, 0.3) is 33.6 Å². The van der Waals surface area contributed by atoms with Crippen molar-refractivity contribution in [3.63, 3.8) is 0 Å². The predicted octanol–water partition coefficient (Wildman–Crippen LogP) is 3.46. The lowest BCUT2D eigenvalue weighted by atomic mass is 10.1. The molecule has 0 spiro atoms. The predicted molar refractivity (Wildman–Crippen MR) is 107 cm³/mol. The van der Waals surface area contributed by atoms with Gasteiger partial charge in [0.2, 0.25) is 5.89 Å². The molecule has 0 saturated heterocycles. The Kier molecular flexibility index (Phi) is 4.52. The van der Waals surface area contributed by atoms with Crippen molar-refractivity contribution in [1.82, 2.24) is 25.5 Å². The molecular formula is C20H20N6O2. The van der Waals surface area contributed by atoms with E-state index < -0.39 is 0 Å². The number of rotatable bonds is 5. The number of anilines is 1. The summed E-state index contributed by atoms with van der Waals surface area (Å²) >= 11 is 0. The van der Waals surface area contributed by atoms with E-state index >= 15 is 0 Å². The van der Waals surface area contributed by atoms with Crippen molar-refractivity contribution < 1.29 is 9.21 Å². The van der Waals surface area contributed by atoms with Crippen LogP contribution in [0, 0.1) is 0 Å². The van der Waals surface area contributed by atoms with Crippen LogP contribution in [0.15, 0.2) is 47.1 Å². The molecular weight excluding hydrogens is 356 g/mol. The van der Waals surface area contributed by atoms with Crippen LogP contribution in [0.4, 0.5) is 6.01 Å². The fourth-order valence-corrected chi connectivity index (χ4v) is 2.94. The largest absolute Gasteiger partial charge is 0.403 e. The molecule has 8 heteroatoms. The van der Waals surface area contributed by atoms with Gasteiger partial charge >= 0.3 is 6.01 Å². The normalized spacial score (nSPS) is 11.1. The molecule has 0 aliphatic carbocycles. The molecule has 0 atom stereocenters. The zero-order valence-electron chi connectivity index (χ0n) is 15.8. The van der Waals surface area contributed by atoms with Gasteiger partial charge in [0.1, 0.15) is 0 Å². The molecule has 3 heterocycles. The molecule has 8 nitrogen and oxygen atoms in total. The first kappa shape index (κ1) is 17.7. The van der Waals surface area contributed by atoms with Crippen molar-refractivity contribution in [2.45, 2.75) is 19.9 Å². The number of H-pyrrole nitrogens is 1. The highest BCUT2D eigenvalue weighted by molar-refractivity contribution is 5.98. The highest BCUT2D eigenvalue weighted by atomic mass is 16.4. The Morgan fingerprint density at radius 2 is 2.04 bits per heavy atom. The number of fused-ring (bicyclic) bond motifs is 1. The molecule has 0 radical (unpaired) electrons. The Morgan fingerprint density at radius 3 is 2.75 bits per heavy atom. The van der Waals surface area contributed by atoms with Crippen LogP contribution in [0.3, 0.4) is 0 Å². The number of nitrogens with one attached hydrogen (secondary N) is 3. The van der Waals surface area contributed by atoms with E-state index in [4.69, 9.17) is 4.42 Å². The monoisotopic (exact) mass is 376 g/mol. The maximum Gasteiger partial charge on any atom is 0.315 e. The third-order valence-corrected chi connectivity index (χ3v) is 4.29. The molecule has 28 heavy (non-hydrogen) atoms. The van der Waals surface area contributed by atoms with Gasteiger partial charge in [-0.1, -0.05) is 5.10 Å². The Morgan fingerprint density at radius 1 is 1.18 bits per heavy atom. The lowest BCUT2D eigenvalue weighted by Gasteiger charge is -2.03. The number of nitrogens with zero attached hydrogens (tertiary/aromatic N) is 3. The van der Waals surface area contributed by atoms with Crippen LogP contribution in [0.5, 0.6) is 0 Å². The highest BCUT2D eigenvalue weighted by Gasteiger charge is 2.13. The van der Waals surface area contributed by atoms with Crippen molar-refractivity contribution in [2.24, 2.45) is 0 Å². The van der Waals surface area contributed by atoms with Gasteiger partial charge in [0.25, 0.3) is 5.91 Å². The summed E-state index contributed by atoms with van der Waals surface area (Å²) in [6, 6.07) is 10.1. The van der Waals surface area contributed by atoms with Gasteiger partial charge in [-0.2, -0.15) is 0 Å². The van der Waals surface area contributed by atoms with Crippen molar-refractivity contribution in [3.05, 3.63) is 48.3 Å². The fraction of sp³-hybridized carbons (Fsp3) is 0.200. The quantitative estimate of drug-likeness (QED) is 0.492. The summed E-state index contributed by atoms with van der Waals surface area (Å²) in [7, 11) is 1.59. The van der Waals surface area contributed by atoms with Gasteiger partial charge < -0.3 is 20.0 Å². The van der Waals surface area contributed by atoms with Crippen molar-refractivity contribution >= 4 is 22.8 Å². The molecule has 0 aliphatic rings. The minimum atomic E-state index is -0.164. The SMILES string of the molecule is CNC(=O)c1ccc(-c2c[nH]c3ccc(-c4nnc(NC(C)C)o4)cc23)nc1. The standard InChI is InChI=1S/C20H20N6O2/c1-11(2)24-20-26-25-19(28-20)12-4-6-16-14(8-12)15(10-23-16)17-7-5-13(9-22-17)18(27)21-3/h4-11,23H,1-3H3,(H,21,27)(H,24,26). The number of aromatic amines is 1. The Hall–Kier alpha value is -3.68. The first-order valence-electron chi connectivity index (χ1n) is 8.95. The van der Waals surface area contributed by atoms with E-state index in [2.05, 4.69) is 30.8 Å². The van der Waals surface area contributed by atoms with Gasteiger partial charge in [-0.15, -0.1) is 5.10 Å². The van der Waals surface area contributed by atoms with Crippen LogP contribution in [-0.4, -0.2) is 39.2 Å². The average Bonchev–Trinajstić information content (AvgIpc) is 3.33. The summed E-state index contributed by atoms with van der Waals surface area (Å²) in [4.78, 5) is 19.4. The summed E-state index contributed by atoms with van der Waals surface area (Å²) in [5, 5.41) is 14.8. The van der Waals surface area contributed by atoms with Gasteiger partial charge in [0.15, 0.2) is 0 Å². The maximum absolute atomic E-state index is 11.7. The number of carbonyl (C=O) groups is 1. The Bertz CT molecular complexity index is 1130. The van der Waals surface area contributed by atoms with E-state index in [-0.39, 0.29) is 11.9 Å². The van der Waals surface area contributed by atoms with Gasteiger partial charge in [0, 0.05) is 47.5 Å². The van der Waals surface area contributed by atoms with E-state index in [1.165, 1.54) is 0 Å². The third kappa shape index (κ3) is 3.32. The zero-order chi connectivity index (χ0) is 19.7. The third-order valence-electron chi connectivity index (χ3n) is 4.29. The number of aromatic nitrogens is 4. The van der Waals surface area contributed by atoms with Crippen LogP contribution in [0.2, 0.25) is 0 Å².